The van der Waals surface area contributed by atoms with Crippen LogP contribution >= 0.6 is 27.4 Å². The van der Waals surface area contributed by atoms with Gasteiger partial charge in [-0.05, 0) is 59.5 Å². The van der Waals surface area contributed by atoms with Crippen LogP contribution in [0.5, 0.6) is 0 Å². The molecule has 0 spiro atoms. The molecular formula is C28H40ClN2O2P2. The van der Waals surface area contributed by atoms with Gasteiger partial charge in [-0.25, -0.2) is 0 Å². The lowest BCUT2D eigenvalue weighted by Crippen LogP contribution is -2.30. The number of aryl methyl sites for hydroxylation is 2. The summed E-state index contributed by atoms with van der Waals surface area (Å²) in [7, 11) is -1.41. The Kier molecular flexibility index (Phi) is 10.4. The van der Waals surface area contributed by atoms with Crippen LogP contribution in [0.1, 0.15) is 87.2 Å². The maximum atomic E-state index is 13.9. The van der Waals surface area contributed by atoms with Crippen LogP contribution in [0.15, 0.2) is 24.3 Å². The third-order valence-corrected chi connectivity index (χ3v) is 12.7. The van der Waals surface area contributed by atoms with E-state index in [1.807, 2.05) is 19.1 Å². The highest BCUT2D eigenvalue weighted by molar-refractivity contribution is 7.67. The van der Waals surface area contributed by atoms with Gasteiger partial charge in [-0.3, -0.25) is 15.3 Å². The van der Waals surface area contributed by atoms with Gasteiger partial charge in [-0.1, -0.05) is 101 Å². The highest BCUT2D eigenvalue weighted by Gasteiger charge is 2.31. The Morgan fingerprint density at radius 1 is 0.857 bits per heavy atom. The molecule has 2 aromatic rings. The molecule has 0 aliphatic rings. The summed E-state index contributed by atoms with van der Waals surface area (Å²) in [4.78, 5) is 26.3. The summed E-state index contributed by atoms with van der Waals surface area (Å²) < 4.78 is 0. The van der Waals surface area contributed by atoms with Crippen LogP contribution in [0.3, 0.4) is 0 Å². The predicted molar refractivity (Wildman–Crippen MR) is 156 cm³/mol. The second kappa shape index (κ2) is 12.2. The monoisotopic (exact) mass is 533 g/mol. The zero-order valence-corrected chi connectivity index (χ0v) is 25.3. The molecule has 0 saturated heterocycles. The van der Waals surface area contributed by atoms with Crippen LogP contribution < -0.4 is 21.7 Å². The number of rotatable bonds is 9. The molecule has 7 heteroatoms. The van der Waals surface area contributed by atoms with Gasteiger partial charge in [0, 0.05) is 10.9 Å². The fourth-order valence-electron chi connectivity index (χ4n) is 4.88. The summed E-state index contributed by atoms with van der Waals surface area (Å²) in [5.74, 6) is -0.986. The van der Waals surface area contributed by atoms with Crippen molar-refractivity contribution >= 4 is 55.6 Å². The average molecular weight is 534 g/mol. The second-order valence-corrected chi connectivity index (χ2v) is 17.4. The van der Waals surface area contributed by atoms with E-state index in [0.29, 0.717) is 22.6 Å². The Morgan fingerprint density at radius 3 is 1.83 bits per heavy atom. The number of hydrogen-bond donors (Lipinski definition) is 1. The predicted octanol–water partition coefficient (Wildman–Crippen LogP) is 7.48. The lowest BCUT2D eigenvalue weighted by atomic mass is 10.1. The van der Waals surface area contributed by atoms with Crippen molar-refractivity contribution in [3.8, 4) is 0 Å². The highest BCUT2D eigenvalue weighted by atomic mass is 35.5. The van der Waals surface area contributed by atoms with Gasteiger partial charge in [0.25, 0.3) is 11.8 Å². The Morgan fingerprint density at radius 2 is 1.37 bits per heavy atom. The smallest absolute Gasteiger partial charge is 0.271 e. The molecule has 191 valence electrons. The molecule has 2 aromatic carbocycles. The van der Waals surface area contributed by atoms with Gasteiger partial charge in [0.15, 0.2) is 0 Å². The molecule has 0 atom stereocenters. The number of amides is 2. The van der Waals surface area contributed by atoms with E-state index in [1.54, 1.807) is 6.07 Å². The first-order chi connectivity index (χ1) is 16.2. The van der Waals surface area contributed by atoms with Crippen LogP contribution in [0.25, 0.3) is 0 Å². The molecule has 0 heterocycles. The fourth-order valence-corrected chi connectivity index (χ4v) is 11.6. The SMILES string of the molecule is Cc1ccc(C(=O)Nc2c(C)cc(Cl)c(C([NH])=O)c2P(C(C)C)C(C)C)c(P(C(C)C)C(C)C)c1. The topological polar surface area (TPSA) is 70.0 Å². The first-order valence-corrected chi connectivity index (χ1v) is 15.6. The molecular weight excluding hydrogens is 494 g/mol. The van der Waals surface area contributed by atoms with E-state index in [2.05, 4.69) is 73.7 Å². The van der Waals surface area contributed by atoms with Crippen molar-refractivity contribution in [1.82, 2.24) is 5.73 Å². The van der Waals surface area contributed by atoms with Crippen LogP contribution in [0.2, 0.25) is 5.02 Å². The van der Waals surface area contributed by atoms with Crippen LogP contribution in [0.4, 0.5) is 5.69 Å². The lowest BCUT2D eigenvalue weighted by molar-refractivity contribution is 0.0990. The molecule has 0 bridgehead atoms. The quantitative estimate of drug-likeness (QED) is 0.339. The number of carbonyl (C=O) groups is 2. The molecule has 1 radical (unpaired) electrons. The number of anilines is 1. The van der Waals surface area contributed by atoms with Crippen LogP contribution in [-0.4, -0.2) is 34.5 Å². The van der Waals surface area contributed by atoms with Crippen molar-refractivity contribution in [2.75, 3.05) is 5.32 Å². The van der Waals surface area contributed by atoms with Crippen molar-refractivity contribution in [3.63, 3.8) is 0 Å². The van der Waals surface area contributed by atoms with E-state index in [9.17, 15) is 9.59 Å². The van der Waals surface area contributed by atoms with Gasteiger partial charge in [0.2, 0.25) is 0 Å². The number of carbonyl (C=O) groups excluding carboxylic acids is 2. The number of nitrogens with one attached hydrogen (secondary N) is 2. The molecule has 0 aliphatic carbocycles. The van der Waals surface area contributed by atoms with Crippen LogP contribution in [0, 0.1) is 13.8 Å². The highest BCUT2D eigenvalue weighted by Crippen LogP contribution is 2.50. The minimum Gasteiger partial charge on any atom is -0.321 e. The van der Waals surface area contributed by atoms with E-state index < -0.39 is 21.8 Å². The third kappa shape index (κ3) is 6.65. The van der Waals surface area contributed by atoms with Gasteiger partial charge < -0.3 is 5.32 Å². The zero-order valence-electron chi connectivity index (χ0n) is 22.7. The number of hydrogen-bond acceptors (Lipinski definition) is 2. The molecule has 4 nitrogen and oxygen atoms in total. The van der Waals surface area contributed by atoms with E-state index in [0.717, 1.165) is 21.7 Å². The summed E-state index contributed by atoms with van der Waals surface area (Å²) in [5.41, 5.74) is 12.8. The summed E-state index contributed by atoms with van der Waals surface area (Å²) >= 11 is 6.52. The largest absolute Gasteiger partial charge is 0.321 e. The summed E-state index contributed by atoms with van der Waals surface area (Å²) in [5, 5.41) is 5.33. The Bertz CT molecular complexity index is 1080. The first kappa shape index (κ1) is 29.8. The average Bonchev–Trinajstić information content (AvgIpc) is 2.69. The van der Waals surface area contributed by atoms with Gasteiger partial charge >= 0.3 is 0 Å². The van der Waals surface area contributed by atoms with E-state index in [1.165, 1.54) is 0 Å². The molecule has 2 amide bonds. The molecule has 0 fully saturated rings. The van der Waals surface area contributed by atoms with Gasteiger partial charge in [-0.2, -0.15) is 0 Å². The normalized spacial score (nSPS) is 12.0. The van der Waals surface area contributed by atoms with E-state index >= 15 is 0 Å². The first-order valence-electron chi connectivity index (χ1n) is 12.3. The van der Waals surface area contributed by atoms with Crippen LogP contribution in [-0.2, 0) is 0 Å². The Labute approximate surface area is 219 Å². The number of halogens is 1. The molecule has 2 rings (SSSR count). The van der Waals surface area contributed by atoms with E-state index in [4.69, 9.17) is 17.3 Å². The minimum atomic E-state index is -0.861. The molecule has 0 aromatic heterocycles. The minimum absolute atomic E-state index is 0.175. The van der Waals surface area contributed by atoms with Crippen molar-refractivity contribution in [3.05, 3.63) is 51.5 Å². The molecule has 0 saturated carbocycles. The number of benzene rings is 2. The zero-order chi connectivity index (χ0) is 26.8. The van der Waals surface area contributed by atoms with Crippen molar-refractivity contribution in [2.24, 2.45) is 0 Å². The maximum absolute atomic E-state index is 13.9. The Hall–Kier alpha value is -1.47. The van der Waals surface area contributed by atoms with Crippen molar-refractivity contribution < 1.29 is 9.59 Å². The summed E-state index contributed by atoms with van der Waals surface area (Å²) in [6, 6.07) is 7.76. The second-order valence-electron chi connectivity index (χ2n) is 10.3. The van der Waals surface area contributed by atoms with Crippen molar-refractivity contribution in [2.45, 2.75) is 91.9 Å². The molecule has 0 unspecified atom stereocenters. The van der Waals surface area contributed by atoms with E-state index in [-0.39, 0.29) is 27.8 Å². The Balaban J connectivity index is 2.77. The standard InChI is InChI=1S/C28H40ClN2O2P2/c1-15(2)34(16(3)4)23-13-19(9)11-12-21(23)28(33)31-25-20(10)14-22(29)24(27(30)32)26(25)35(17(5)6)18(7)8/h11-18,30H,1-10H3,(H,31,33). The lowest BCUT2D eigenvalue weighted by Gasteiger charge is -2.32. The molecule has 2 N–H and O–H groups in total. The molecule has 0 aliphatic heterocycles. The summed E-state index contributed by atoms with van der Waals surface area (Å²) in [6.07, 6.45) is 0. The maximum Gasteiger partial charge on any atom is 0.271 e. The fraction of sp³-hybridized carbons (Fsp3) is 0.500. The van der Waals surface area contributed by atoms with Gasteiger partial charge in [0.05, 0.1) is 16.3 Å². The molecule has 35 heavy (non-hydrogen) atoms. The van der Waals surface area contributed by atoms with Gasteiger partial charge in [-0.15, -0.1) is 0 Å². The van der Waals surface area contributed by atoms with Crippen molar-refractivity contribution in [1.29, 1.82) is 0 Å². The summed E-state index contributed by atoms with van der Waals surface area (Å²) in [6.45, 7) is 21.4. The van der Waals surface area contributed by atoms with Gasteiger partial charge in [0.1, 0.15) is 0 Å². The third-order valence-electron chi connectivity index (χ3n) is 6.08.